The number of hydrazone groups is 1. The van der Waals surface area contributed by atoms with Crippen molar-refractivity contribution in [2.75, 3.05) is 12.5 Å². The monoisotopic (exact) mass is 332 g/mol. The molecule has 0 saturated carbocycles. The van der Waals surface area contributed by atoms with Gasteiger partial charge < -0.3 is 9.72 Å². The molecule has 0 aliphatic carbocycles. The number of aromatic amines is 1. The van der Waals surface area contributed by atoms with Gasteiger partial charge in [-0.2, -0.15) is 10.1 Å². The van der Waals surface area contributed by atoms with E-state index in [4.69, 9.17) is 4.74 Å². The van der Waals surface area contributed by atoms with Crippen molar-refractivity contribution in [2.45, 2.75) is 6.92 Å². The van der Waals surface area contributed by atoms with Gasteiger partial charge in [-0.15, -0.1) is 10.2 Å². The zero-order valence-corrected chi connectivity index (χ0v) is 13.8. The summed E-state index contributed by atoms with van der Waals surface area (Å²) in [6.45, 7) is 2.04. The van der Waals surface area contributed by atoms with Crippen LogP contribution in [0.2, 0.25) is 0 Å². The van der Waals surface area contributed by atoms with Gasteiger partial charge in [0.2, 0.25) is 0 Å². The lowest BCUT2D eigenvalue weighted by atomic mass is 10.2. The van der Waals surface area contributed by atoms with Crippen LogP contribution in [0.1, 0.15) is 11.1 Å². The molecule has 2 N–H and O–H groups in total. The van der Waals surface area contributed by atoms with Crippen molar-refractivity contribution in [1.29, 1.82) is 0 Å². The van der Waals surface area contributed by atoms with Crippen LogP contribution in [-0.2, 0) is 0 Å². The van der Waals surface area contributed by atoms with Gasteiger partial charge >= 0.3 is 0 Å². The molecule has 2 aromatic heterocycles. The van der Waals surface area contributed by atoms with Gasteiger partial charge in [-0.3, -0.25) is 0 Å². The third kappa shape index (κ3) is 2.87. The van der Waals surface area contributed by atoms with Crippen LogP contribution >= 0.6 is 0 Å². The first kappa shape index (κ1) is 15.1. The number of aryl methyl sites for hydroxylation is 1. The Labute approximate surface area is 143 Å². The molecule has 0 radical (unpaired) electrons. The molecule has 2 heterocycles. The summed E-state index contributed by atoms with van der Waals surface area (Å²) in [5.74, 6) is 1.07. The number of hydrogen-bond donors (Lipinski definition) is 2. The molecule has 0 aliphatic rings. The molecule has 7 heteroatoms. The van der Waals surface area contributed by atoms with E-state index in [0.717, 1.165) is 27.7 Å². The minimum absolute atomic E-state index is 0.321. The van der Waals surface area contributed by atoms with E-state index in [9.17, 15) is 0 Å². The van der Waals surface area contributed by atoms with Crippen LogP contribution in [0.5, 0.6) is 5.75 Å². The second kappa shape index (κ2) is 6.20. The molecule has 0 aliphatic heterocycles. The quantitative estimate of drug-likeness (QED) is 0.442. The van der Waals surface area contributed by atoms with E-state index < -0.39 is 0 Å². The lowest BCUT2D eigenvalue weighted by Gasteiger charge is -2.02. The third-order valence-electron chi connectivity index (χ3n) is 3.88. The second-order valence-corrected chi connectivity index (χ2v) is 5.62. The van der Waals surface area contributed by atoms with Gasteiger partial charge in [-0.1, -0.05) is 23.8 Å². The van der Waals surface area contributed by atoms with Crippen molar-refractivity contribution in [2.24, 2.45) is 5.10 Å². The molecular weight excluding hydrogens is 316 g/mol. The van der Waals surface area contributed by atoms with Crippen LogP contribution < -0.4 is 10.2 Å². The molecule has 4 rings (SSSR count). The number of methoxy groups -OCH3 is 1. The van der Waals surface area contributed by atoms with Gasteiger partial charge in [0.15, 0.2) is 5.65 Å². The Bertz CT molecular complexity index is 1090. The molecule has 0 amide bonds. The summed E-state index contributed by atoms with van der Waals surface area (Å²) < 4.78 is 5.28. The Kier molecular flexibility index (Phi) is 3.74. The van der Waals surface area contributed by atoms with Gasteiger partial charge in [0.05, 0.1) is 13.3 Å². The average molecular weight is 332 g/mol. The fraction of sp³-hybridized carbons (Fsp3) is 0.111. The zero-order chi connectivity index (χ0) is 17.2. The topological polar surface area (TPSA) is 88.1 Å². The maximum Gasteiger partial charge on any atom is 0.265 e. The first-order valence-electron chi connectivity index (χ1n) is 7.79. The standard InChI is InChI=1S/C18H16N6O/c1-11-7-8-14-13(9-11)16-17(20-14)21-18(24-22-16)23-19-10-12-5-3-4-6-15(12)25-2/h3-10H,1-2H3,(H2,20,21,23,24)/b19-10+. The van der Waals surface area contributed by atoms with Crippen molar-refractivity contribution in [3.63, 3.8) is 0 Å². The maximum atomic E-state index is 5.28. The number of aromatic nitrogens is 4. The van der Waals surface area contributed by atoms with Crippen LogP contribution in [0.4, 0.5) is 5.95 Å². The Morgan fingerprint density at radius 1 is 1.16 bits per heavy atom. The van der Waals surface area contributed by atoms with Gasteiger partial charge in [0.1, 0.15) is 11.3 Å². The molecule has 7 nitrogen and oxygen atoms in total. The summed E-state index contributed by atoms with van der Waals surface area (Å²) in [4.78, 5) is 7.68. The van der Waals surface area contributed by atoms with Gasteiger partial charge in [-0.25, -0.2) is 5.43 Å². The van der Waals surface area contributed by atoms with Crippen molar-refractivity contribution < 1.29 is 4.74 Å². The second-order valence-electron chi connectivity index (χ2n) is 5.62. The number of benzene rings is 2. The highest BCUT2D eigenvalue weighted by Gasteiger charge is 2.09. The van der Waals surface area contributed by atoms with Gasteiger partial charge in [-0.05, 0) is 31.2 Å². The average Bonchev–Trinajstić information content (AvgIpc) is 2.99. The molecule has 0 fully saturated rings. The summed E-state index contributed by atoms with van der Waals surface area (Å²) >= 11 is 0. The Morgan fingerprint density at radius 2 is 2.04 bits per heavy atom. The predicted molar refractivity (Wildman–Crippen MR) is 98.1 cm³/mol. The first-order valence-corrected chi connectivity index (χ1v) is 7.79. The number of rotatable bonds is 4. The van der Waals surface area contributed by atoms with E-state index in [1.807, 2.05) is 43.3 Å². The molecule has 25 heavy (non-hydrogen) atoms. The van der Waals surface area contributed by atoms with E-state index in [2.05, 4.69) is 36.8 Å². The van der Waals surface area contributed by atoms with E-state index in [1.165, 1.54) is 5.56 Å². The molecule has 4 aromatic rings. The van der Waals surface area contributed by atoms with Crippen LogP contribution in [0.25, 0.3) is 22.1 Å². The van der Waals surface area contributed by atoms with E-state index in [-0.39, 0.29) is 0 Å². The highest BCUT2D eigenvalue weighted by Crippen LogP contribution is 2.23. The number of hydrogen-bond acceptors (Lipinski definition) is 6. The largest absolute Gasteiger partial charge is 0.496 e. The molecule has 0 spiro atoms. The summed E-state index contributed by atoms with van der Waals surface area (Å²) in [5, 5.41) is 13.5. The zero-order valence-electron chi connectivity index (χ0n) is 13.8. The lowest BCUT2D eigenvalue weighted by Crippen LogP contribution is -1.99. The summed E-state index contributed by atoms with van der Waals surface area (Å²) in [6.07, 6.45) is 1.65. The molecule has 0 saturated heterocycles. The van der Waals surface area contributed by atoms with Gasteiger partial charge in [0, 0.05) is 16.5 Å². The maximum absolute atomic E-state index is 5.28. The summed E-state index contributed by atoms with van der Waals surface area (Å²) in [7, 11) is 1.62. The molecular formula is C18H16N6O. The summed E-state index contributed by atoms with van der Waals surface area (Å²) in [6, 6.07) is 13.7. The Balaban J connectivity index is 1.62. The third-order valence-corrected chi connectivity index (χ3v) is 3.88. The SMILES string of the molecule is COc1ccccc1/C=N/Nc1nnc2c(n1)[nH]c1ccc(C)cc12. The van der Waals surface area contributed by atoms with Crippen molar-refractivity contribution in [3.8, 4) is 5.75 Å². The number of H-pyrrole nitrogens is 1. The minimum Gasteiger partial charge on any atom is -0.496 e. The van der Waals surface area contributed by atoms with E-state index in [1.54, 1.807) is 13.3 Å². The Hall–Kier alpha value is -3.48. The van der Waals surface area contributed by atoms with Crippen LogP contribution in [-0.4, -0.2) is 33.5 Å². The number of ether oxygens (including phenoxy) is 1. The van der Waals surface area contributed by atoms with Gasteiger partial charge in [0.25, 0.3) is 5.95 Å². The first-order chi connectivity index (χ1) is 12.2. The number of nitrogens with zero attached hydrogens (tertiary/aromatic N) is 4. The van der Waals surface area contributed by atoms with E-state index >= 15 is 0 Å². The number of para-hydroxylation sites is 1. The highest BCUT2D eigenvalue weighted by atomic mass is 16.5. The molecule has 0 unspecified atom stereocenters. The lowest BCUT2D eigenvalue weighted by molar-refractivity contribution is 0.414. The molecule has 2 aromatic carbocycles. The van der Waals surface area contributed by atoms with E-state index in [0.29, 0.717) is 11.6 Å². The highest BCUT2D eigenvalue weighted by molar-refractivity contribution is 6.03. The minimum atomic E-state index is 0.321. The fourth-order valence-electron chi connectivity index (χ4n) is 2.67. The predicted octanol–water partition coefficient (Wildman–Crippen LogP) is 3.27. The number of fused-ring (bicyclic) bond motifs is 3. The number of nitrogens with one attached hydrogen (secondary N) is 2. The normalized spacial score (nSPS) is 11.4. The van der Waals surface area contributed by atoms with Crippen LogP contribution in [0.3, 0.4) is 0 Å². The van der Waals surface area contributed by atoms with Crippen molar-refractivity contribution in [1.82, 2.24) is 20.2 Å². The van der Waals surface area contributed by atoms with Crippen molar-refractivity contribution >= 4 is 34.2 Å². The smallest absolute Gasteiger partial charge is 0.265 e. The molecule has 0 atom stereocenters. The molecule has 0 bridgehead atoms. The van der Waals surface area contributed by atoms with Crippen LogP contribution in [0, 0.1) is 6.92 Å². The Morgan fingerprint density at radius 3 is 2.92 bits per heavy atom. The van der Waals surface area contributed by atoms with Crippen LogP contribution in [0.15, 0.2) is 47.6 Å². The summed E-state index contributed by atoms with van der Waals surface area (Å²) in [5.41, 5.74) is 7.22. The van der Waals surface area contributed by atoms with Crippen molar-refractivity contribution in [3.05, 3.63) is 53.6 Å². The molecule has 124 valence electrons. The fourth-order valence-corrected chi connectivity index (χ4v) is 2.67. The number of anilines is 1.